The van der Waals surface area contributed by atoms with Crippen molar-refractivity contribution >= 4 is 62.3 Å². The lowest BCUT2D eigenvalue weighted by molar-refractivity contribution is -0.140. The third-order valence-corrected chi connectivity index (χ3v) is 8.50. The highest BCUT2D eigenvalue weighted by molar-refractivity contribution is 7.92. The molecular formula is C29H32Cl3N3O4S. The van der Waals surface area contributed by atoms with Gasteiger partial charge in [-0.2, -0.15) is 0 Å². The number of carbonyl (C=O) groups excluding carboxylic acids is 2. The number of nitrogens with zero attached hydrogens (tertiary/aromatic N) is 2. The first-order chi connectivity index (χ1) is 18.8. The number of halogens is 3. The van der Waals surface area contributed by atoms with E-state index in [0.717, 1.165) is 16.1 Å². The number of hydrogen-bond acceptors (Lipinski definition) is 4. The van der Waals surface area contributed by atoms with Crippen molar-refractivity contribution in [2.75, 3.05) is 17.1 Å². The lowest BCUT2D eigenvalue weighted by atomic mass is 10.0. The molecule has 1 unspecified atom stereocenters. The Balaban J connectivity index is 2.10. The van der Waals surface area contributed by atoms with Gasteiger partial charge in [0.2, 0.25) is 21.8 Å². The number of sulfonamides is 1. The van der Waals surface area contributed by atoms with Crippen LogP contribution >= 0.6 is 34.8 Å². The van der Waals surface area contributed by atoms with Gasteiger partial charge in [0, 0.05) is 24.0 Å². The Hall–Kier alpha value is -2.78. The van der Waals surface area contributed by atoms with E-state index in [1.165, 1.54) is 4.90 Å². The molecule has 0 aliphatic rings. The number of amides is 2. The van der Waals surface area contributed by atoms with Crippen LogP contribution in [0.25, 0.3) is 0 Å². The fraction of sp³-hybridized carbons (Fsp3) is 0.310. The van der Waals surface area contributed by atoms with E-state index in [0.29, 0.717) is 26.2 Å². The van der Waals surface area contributed by atoms with E-state index in [2.05, 4.69) is 5.32 Å². The molecule has 214 valence electrons. The van der Waals surface area contributed by atoms with E-state index in [4.69, 9.17) is 34.8 Å². The number of benzene rings is 3. The number of carbonyl (C=O) groups is 2. The largest absolute Gasteiger partial charge is 0.352 e. The zero-order valence-corrected chi connectivity index (χ0v) is 25.8. The first kappa shape index (κ1) is 31.7. The summed E-state index contributed by atoms with van der Waals surface area (Å²) in [5.41, 5.74) is 2.26. The first-order valence-corrected chi connectivity index (χ1v) is 15.6. The molecule has 0 bridgehead atoms. The van der Waals surface area contributed by atoms with Crippen LogP contribution in [0, 0.1) is 6.92 Å². The maximum absolute atomic E-state index is 14.1. The molecule has 0 fully saturated rings. The Labute approximate surface area is 251 Å². The van der Waals surface area contributed by atoms with E-state index >= 15 is 0 Å². The average Bonchev–Trinajstić information content (AvgIpc) is 2.88. The van der Waals surface area contributed by atoms with Gasteiger partial charge < -0.3 is 10.2 Å². The molecule has 0 saturated heterocycles. The standard InChI is InChI=1S/C29H32Cl3N3O4S/c1-19(2)33-29(37)27(16-21-9-6-5-7-10-21)34(17-22-13-14-24(31)25(32)15-22)28(36)18-35(40(4,38)39)26-12-8-11-23(30)20(26)3/h5-15,19,27H,16-18H2,1-4H3,(H,33,37). The molecule has 0 heterocycles. The number of nitrogens with one attached hydrogen (secondary N) is 1. The number of rotatable bonds is 11. The van der Waals surface area contributed by atoms with Gasteiger partial charge in [-0.25, -0.2) is 8.42 Å². The fourth-order valence-corrected chi connectivity index (χ4v) is 5.62. The van der Waals surface area contributed by atoms with Gasteiger partial charge in [0.25, 0.3) is 0 Å². The maximum atomic E-state index is 14.1. The van der Waals surface area contributed by atoms with Gasteiger partial charge in [-0.1, -0.05) is 77.3 Å². The van der Waals surface area contributed by atoms with Crippen molar-refractivity contribution in [1.29, 1.82) is 0 Å². The van der Waals surface area contributed by atoms with E-state index in [1.54, 1.807) is 43.3 Å². The minimum atomic E-state index is -3.91. The van der Waals surface area contributed by atoms with Crippen molar-refractivity contribution in [3.63, 3.8) is 0 Å². The summed E-state index contributed by atoms with van der Waals surface area (Å²) in [6.45, 7) is 4.79. The Bertz CT molecular complexity index is 1470. The Morgan fingerprint density at radius 3 is 2.15 bits per heavy atom. The number of anilines is 1. The predicted octanol–water partition coefficient (Wildman–Crippen LogP) is 5.89. The highest BCUT2D eigenvalue weighted by atomic mass is 35.5. The molecule has 3 aromatic carbocycles. The topological polar surface area (TPSA) is 86.8 Å². The minimum Gasteiger partial charge on any atom is -0.352 e. The van der Waals surface area contributed by atoms with Crippen molar-refractivity contribution in [2.24, 2.45) is 0 Å². The zero-order chi connectivity index (χ0) is 29.6. The predicted molar refractivity (Wildman–Crippen MR) is 163 cm³/mol. The lowest BCUT2D eigenvalue weighted by Gasteiger charge is -2.34. The molecule has 1 atom stereocenters. The van der Waals surface area contributed by atoms with Gasteiger partial charge in [0.1, 0.15) is 12.6 Å². The molecule has 11 heteroatoms. The van der Waals surface area contributed by atoms with Crippen LogP contribution in [0.15, 0.2) is 66.7 Å². The summed E-state index contributed by atoms with van der Waals surface area (Å²) in [6, 6.07) is 18.0. The Morgan fingerprint density at radius 1 is 0.875 bits per heavy atom. The molecule has 0 spiro atoms. The molecule has 40 heavy (non-hydrogen) atoms. The number of hydrogen-bond donors (Lipinski definition) is 1. The van der Waals surface area contributed by atoms with Gasteiger partial charge in [-0.05, 0) is 61.7 Å². The average molecular weight is 625 g/mol. The molecule has 0 aliphatic carbocycles. The van der Waals surface area contributed by atoms with Crippen LogP contribution < -0.4 is 9.62 Å². The van der Waals surface area contributed by atoms with Crippen LogP contribution in [-0.4, -0.2) is 50.0 Å². The fourth-order valence-electron chi connectivity index (χ4n) is 4.23. The third-order valence-electron chi connectivity index (χ3n) is 6.23. The second-order valence-electron chi connectivity index (χ2n) is 9.79. The summed E-state index contributed by atoms with van der Waals surface area (Å²) < 4.78 is 26.9. The van der Waals surface area contributed by atoms with Crippen LogP contribution in [0.2, 0.25) is 15.1 Å². The van der Waals surface area contributed by atoms with Crippen LogP contribution in [0.1, 0.15) is 30.5 Å². The van der Waals surface area contributed by atoms with E-state index in [1.807, 2.05) is 44.2 Å². The monoisotopic (exact) mass is 623 g/mol. The van der Waals surface area contributed by atoms with E-state index in [-0.39, 0.29) is 30.6 Å². The smallest absolute Gasteiger partial charge is 0.244 e. The van der Waals surface area contributed by atoms with Crippen molar-refractivity contribution in [3.05, 3.63) is 98.5 Å². The second kappa shape index (κ2) is 13.7. The summed E-state index contributed by atoms with van der Waals surface area (Å²) in [7, 11) is -3.91. The molecule has 3 rings (SSSR count). The highest BCUT2D eigenvalue weighted by Gasteiger charge is 2.33. The summed E-state index contributed by atoms with van der Waals surface area (Å²) >= 11 is 18.6. The SMILES string of the molecule is Cc1c(Cl)cccc1N(CC(=O)N(Cc1ccc(Cl)c(Cl)c1)C(Cc1ccccc1)C(=O)NC(C)C)S(C)(=O)=O. The van der Waals surface area contributed by atoms with Crippen molar-refractivity contribution in [2.45, 2.75) is 45.8 Å². The summed E-state index contributed by atoms with van der Waals surface area (Å²) in [5.74, 6) is -0.937. The summed E-state index contributed by atoms with van der Waals surface area (Å²) in [6.07, 6.45) is 1.23. The van der Waals surface area contributed by atoms with Crippen LogP contribution in [0.4, 0.5) is 5.69 Å². The van der Waals surface area contributed by atoms with Gasteiger partial charge in [-0.15, -0.1) is 0 Å². The van der Waals surface area contributed by atoms with Gasteiger partial charge in [0.15, 0.2) is 0 Å². The molecule has 7 nitrogen and oxygen atoms in total. The second-order valence-corrected chi connectivity index (χ2v) is 12.9. The molecule has 0 saturated carbocycles. The molecule has 0 radical (unpaired) electrons. The van der Waals surface area contributed by atoms with Crippen LogP contribution in [0.3, 0.4) is 0 Å². The quantitative estimate of drug-likeness (QED) is 0.289. The summed E-state index contributed by atoms with van der Waals surface area (Å²) in [5, 5.41) is 3.92. The van der Waals surface area contributed by atoms with Crippen LogP contribution in [0.5, 0.6) is 0 Å². The van der Waals surface area contributed by atoms with Crippen molar-refractivity contribution in [1.82, 2.24) is 10.2 Å². The first-order valence-electron chi connectivity index (χ1n) is 12.6. The minimum absolute atomic E-state index is 0.00906. The zero-order valence-electron chi connectivity index (χ0n) is 22.7. The molecular weight excluding hydrogens is 593 g/mol. The lowest BCUT2D eigenvalue weighted by Crippen LogP contribution is -2.54. The third kappa shape index (κ3) is 8.36. The molecule has 1 N–H and O–H groups in total. The van der Waals surface area contributed by atoms with Crippen molar-refractivity contribution in [3.8, 4) is 0 Å². The Kier molecular flexibility index (Phi) is 10.9. The normalized spacial score (nSPS) is 12.2. The van der Waals surface area contributed by atoms with E-state index < -0.39 is 28.5 Å². The molecule has 0 aromatic heterocycles. The molecule has 3 aromatic rings. The molecule has 2 amide bonds. The molecule has 0 aliphatic heterocycles. The maximum Gasteiger partial charge on any atom is 0.244 e. The van der Waals surface area contributed by atoms with Gasteiger partial charge >= 0.3 is 0 Å². The summed E-state index contributed by atoms with van der Waals surface area (Å²) in [4.78, 5) is 29.1. The van der Waals surface area contributed by atoms with Crippen molar-refractivity contribution < 1.29 is 18.0 Å². The highest BCUT2D eigenvalue weighted by Crippen LogP contribution is 2.29. The van der Waals surface area contributed by atoms with Gasteiger partial charge in [-0.3, -0.25) is 13.9 Å². The van der Waals surface area contributed by atoms with Crippen LogP contribution in [-0.2, 0) is 32.6 Å². The van der Waals surface area contributed by atoms with E-state index in [9.17, 15) is 18.0 Å². The van der Waals surface area contributed by atoms with Gasteiger partial charge in [0.05, 0.1) is 22.0 Å². The Morgan fingerprint density at radius 2 is 1.55 bits per heavy atom.